The van der Waals surface area contributed by atoms with Crippen LogP contribution in [0, 0.1) is 5.82 Å². The molecule has 0 saturated heterocycles. The molecule has 2 atom stereocenters. The van der Waals surface area contributed by atoms with Crippen LogP contribution in [0.15, 0.2) is 41.3 Å². The van der Waals surface area contributed by atoms with Gasteiger partial charge in [-0.2, -0.15) is 0 Å². The van der Waals surface area contributed by atoms with Crippen molar-refractivity contribution in [3.05, 3.63) is 64.1 Å². The number of carbonyl (C=O) groups excluding carboxylic acids is 1. The van der Waals surface area contributed by atoms with Crippen molar-refractivity contribution in [1.29, 1.82) is 0 Å². The number of fused-ring (bicyclic) bond motifs is 3. The molecule has 4 rings (SSSR count). The van der Waals surface area contributed by atoms with E-state index in [9.17, 15) is 17.6 Å². The molecule has 0 saturated carbocycles. The lowest BCUT2D eigenvalue weighted by molar-refractivity contribution is -0.141. The minimum Gasteiger partial charge on any atom is -0.469 e. The predicted molar refractivity (Wildman–Crippen MR) is 160 cm³/mol. The number of methoxy groups -OCH3 is 1. The van der Waals surface area contributed by atoms with Gasteiger partial charge in [0.15, 0.2) is 18.2 Å². The fourth-order valence-corrected chi connectivity index (χ4v) is 7.44. The second kappa shape index (κ2) is 11.2. The summed E-state index contributed by atoms with van der Waals surface area (Å²) in [7, 11) is -4.68. The van der Waals surface area contributed by atoms with Gasteiger partial charge in [0, 0.05) is 28.3 Å². The number of carbonyl (C=O) groups is 1. The van der Waals surface area contributed by atoms with Gasteiger partial charge in [0.2, 0.25) is 0 Å². The number of hydrogen-bond donors (Lipinski definition) is 0. The highest BCUT2D eigenvalue weighted by atomic mass is 35.5. The number of aryl methyl sites for hydroxylation is 1. The zero-order chi connectivity index (χ0) is 29.6. The van der Waals surface area contributed by atoms with E-state index >= 15 is 0 Å². The van der Waals surface area contributed by atoms with Crippen molar-refractivity contribution in [2.24, 2.45) is 0 Å². The van der Waals surface area contributed by atoms with Crippen molar-refractivity contribution >= 4 is 46.6 Å². The van der Waals surface area contributed by atoms with Crippen LogP contribution in [-0.4, -0.2) is 47.2 Å². The average Bonchev–Trinajstić information content (AvgIpc) is 3.18. The fraction of sp³-hybridized carbons (Fsp3) is 0.500. The van der Waals surface area contributed by atoms with E-state index in [1.807, 2.05) is 16.7 Å². The first-order valence-corrected chi connectivity index (χ1v) is 18.8. The molecule has 1 aliphatic rings. The maximum Gasteiger partial charge on any atom is 0.306 e. The van der Waals surface area contributed by atoms with Gasteiger partial charge in [-0.15, -0.1) is 0 Å². The molecule has 0 N–H and O–H groups in total. The Morgan fingerprint density at radius 2 is 1.85 bits per heavy atom. The second-order valence-electron chi connectivity index (χ2n) is 12.3. The Balaban J connectivity index is 2.08. The molecule has 0 radical (unpaired) electrons. The molecule has 1 aliphatic carbocycles. The Morgan fingerprint density at radius 1 is 1.20 bits per heavy atom. The van der Waals surface area contributed by atoms with E-state index in [1.165, 1.54) is 13.2 Å². The molecule has 218 valence electrons. The lowest BCUT2D eigenvalue weighted by atomic mass is 9.84. The number of halogens is 2. The highest BCUT2D eigenvalue weighted by Gasteiger charge is 2.40. The lowest BCUT2D eigenvalue weighted by Crippen LogP contribution is -2.42. The Kier molecular flexibility index (Phi) is 8.63. The first-order valence-electron chi connectivity index (χ1n) is 13.6. The van der Waals surface area contributed by atoms with E-state index < -0.39 is 30.0 Å². The summed E-state index contributed by atoms with van der Waals surface area (Å²) in [5.41, 5.74) is 3.06. The van der Waals surface area contributed by atoms with E-state index in [0.29, 0.717) is 22.3 Å². The predicted octanol–water partition coefficient (Wildman–Crippen LogP) is 7.43. The van der Waals surface area contributed by atoms with Crippen LogP contribution in [0.4, 0.5) is 4.39 Å². The topological polar surface area (TPSA) is 74.6 Å². The molecule has 0 unspecified atom stereocenters. The Labute approximate surface area is 242 Å². The molecule has 0 fully saturated rings. The van der Waals surface area contributed by atoms with Crippen LogP contribution in [0.3, 0.4) is 0 Å². The van der Waals surface area contributed by atoms with Gasteiger partial charge in [-0.1, -0.05) is 44.5 Å². The summed E-state index contributed by atoms with van der Waals surface area (Å²) in [6, 6.07) is 9.52. The fourth-order valence-electron chi connectivity index (χ4n) is 5.42. The summed E-state index contributed by atoms with van der Waals surface area (Å²) in [4.78, 5) is 12.5. The summed E-state index contributed by atoms with van der Waals surface area (Å²) in [5, 5.41) is 1.09. The van der Waals surface area contributed by atoms with Crippen LogP contribution >= 0.6 is 11.6 Å². The van der Waals surface area contributed by atoms with E-state index in [4.69, 9.17) is 20.8 Å². The summed E-state index contributed by atoms with van der Waals surface area (Å²) in [6.45, 7) is 11.1. The number of benzene rings is 2. The summed E-state index contributed by atoms with van der Waals surface area (Å²) >= 11 is 6.26. The molecular formula is C30H39ClFNO5SSi. The molecule has 10 heteroatoms. The smallest absolute Gasteiger partial charge is 0.306 e. The number of sulfone groups is 1. The summed E-state index contributed by atoms with van der Waals surface area (Å²) in [6.07, 6.45) is 3.43. The van der Waals surface area contributed by atoms with E-state index in [1.54, 1.807) is 12.1 Å². The number of esters is 1. The summed E-state index contributed by atoms with van der Waals surface area (Å²) < 4.78 is 55.1. The first kappa shape index (κ1) is 30.7. The molecule has 1 heterocycles. The number of aromatic nitrogens is 1. The number of rotatable bonds is 8. The first-order chi connectivity index (χ1) is 18.5. The third-order valence-corrected chi connectivity index (χ3v) is 14.4. The third-order valence-electron chi connectivity index (χ3n) is 8.56. The van der Waals surface area contributed by atoms with Crippen LogP contribution in [0.1, 0.15) is 68.8 Å². The van der Waals surface area contributed by atoms with Gasteiger partial charge in [-0.3, -0.25) is 4.79 Å². The molecule has 40 heavy (non-hydrogen) atoms. The molecule has 2 aromatic carbocycles. The molecule has 0 amide bonds. The molecule has 1 aromatic heterocycles. The third kappa shape index (κ3) is 6.03. The van der Waals surface area contributed by atoms with Crippen molar-refractivity contribution in [3.63, 3.8) is 0 Å². The normalized spacial score (nSPS) is 17.1. The van der Waals surface area contributed by atoms with E-state index in [-0.39, 0.29) is 34.8 Å². The molecule has 0 bridgehead atoms. The monoisotopic (exact) mass is 607 g/mol. The van der Waals surface area contributed by atoms with Gasteiger partial charge in [0.05, 0.1) is 36.6 Å². The van der Waals surface area contributed by atoms with E-state index in [0.717, 1.165) is 42.0 Å². The van der Waals surface area contributed by atoms with Gasteiger partial charge in [0.1, 0.15) is 5.82 Å². The number of hydrogen-bond acceptors (Lipinski definition) is 5. The van der Waals surface area contributed by atoms with Crippen LogP contribution < -0.4 is 0 Å². The molecule has 0 aliphatic heterocycles. The second-order valence-corrected chi connectivity index (χ2v) is 19.5. The van der Waals surface area contributed by atoms with Crippen molar-refractivity contribution in [2.45, 2.75) is 81.4 Å². The minimum atomic E-state index is -3.81. The van der Waals surface area contributed by atoms with Crippen molar-refractivity contribution < 1.29 is 26.8 Å². The quantitative estimate of drug-likeness (QED) is 0.197. The van der Waals surface area contributed by atoms with Crippen molar-refractivity contribution in [1.82, 2.24) is 4.57 Å². The molecule has 3 aromatic rings. The van der Waals surface area contributed by atoms with Crippen LogP contribution in [-0.2, 0) is 30.2 Å². The van der Waals surface area contributed by atoms with E-state index in [2.05, 4.69) is 33.9 Å². The van der Waals surface area contributed by atoms with Crippen LogP contribution in [0.5, 0.6) is 0 Å². The van der Waals surface area contributed by atoms with Crippen LogP contribution in [0.25, 0.3) is 10.9 Å². The zero-order valence-corrected chi connectivity index (χ0v) is 26.9. The van der Waals surface area contributed by atoms with Gasteiger partial charge in [-0.25, -0.2) is 12.8 Å². The van der Waals surface area contributed by atoms with Crippen molar-refractivity contribution in [2.75, 3.05) is 20.0 Å². The summed E-state index contributed by atoms with van der Waals surface area (Å²) in [5.74, 6) is -1.17. The minimum absolute atomic E-state index is 0.0514. The highest BCUT2D eigenvalue weighted by molar-refractivity contribution is 7.91. The van der Waals surface area contributed by atoms with Gasteiger partial charge >= 0.3 is 5.97 Å². The van der Waals surface area contributed by atoms with Crippen molar-refractivity contribution in [3.8, 4) is 0 Å². The van der Waals surface area contributed by atoms with Gasteiger partial charge in [-0.05, 0) is 72.8 Å². The number of nitrogens with zero attached hydrogens (tertiary/aromatic N) is 1. The highest BCUT2D eigenvalue weighted by Crippen LogP contribution is 2.46. The average molecular weight is 608 g/mol. The Morgan fingerprint density at radius 3 is 2.42 bits per heavy atom. The van der Waals surface area contributed by atoms with Gasteiger partial charge in [0.25, 0.3) is 0 Å². The zero-order valence-electron chi connectivity index (χ0n) is 24.3. The van der Waals surface area contributed by atoms with Crippen LogP contribution in [0.2, 0.25) is 23.2 Å². The Bertz CT molecular complexity index is 1530. The molecule has 6 nitrogen and oxygen atoms in total. The SMILES string of the molecule is COC(=O)C[C@H]1CCCc2c1n([C@@H](CO[Si](C)(C)C(C)(C)C)c1ccc(Cl)cc1)c1c(S(C)(=O)=O)cc(F)cc21. The van der Waals surface area contributed by atoms with Gasteiger partial charge < -0.3 is 13.7 Å². The Hall–Kier alpha value is -2.20. The largest absolute Gasteiger partial charge is 0.469 e. The standard InChI is InChI=1S/C30H39ClFNO5SSi/c1-30(2,3)40(6,7)38-18-25(19-11-13-21(31)14-12-19)33-28-20(15-27(34)37-4)9-8-10-23(28)24-16-22(32)17-26(29(24)33)39(5,35)36/h11-14,16-17,20,25H,8-10,15,18H2,1-7H3/t20-,25+/m1/s1. The lowest BCUT2D eigenvalue weighted by Gasteiger charge is -2.38. The number of ether oxygens (including phenoxy) is 1. The maximum absolute atomic E-state index is 15.0. The molecule has 0 spiro atoms. The maximum atomic E-state index is 15.0. The molecular weight excluding hydrogens is 569 g/mol.